The van der Waals surface area contributed by atoms with Crippen molar-refractivity contribution in [3.8, 4) is 45.0 Å². The molecule has 572 valence electrons. The Balaban J connectivity index is 0.000000118. The van der Waals surface area contributed by atoms with Crippen LogP contribution < -0.4 is 18.3 Å². The Hall–Kier alpha value is -10.7. The van der Waals surface area contributed by atoms with Gasteiger partial charge in [0.15, 0.2) is 47.1 Å². The van der Waals surface area contributed by atoms with Crippen LogP contribution >= 0.6 is 0 Å². The molecular weight excluding hydrogens is 1380 g/mol. The minimum Gasteiger partial charge on any atom is -0.437 e. The van der Waals surface area contributed by atoms with Crippen molar-refractivity contribution in [2.75, 3.05) is 0 Å². The van der Waals surface area contributed by atoms with Crippen LogP contribution in [0.5, 0.6) is 0 Å². The van der Waals surface area contributed by atoms with Crippen LogP contribution in [0, 0.1) is 33.1 Å². The maximum absolute atomic E-state index is 6.45. The lowest BCUT2D eigenvalue weighted by Crippen LogP contribution is -2.30. The first-order valence-electron chi connectivity index (χ1n) is 41.1. The Kier molecular flexibility index (Phi) is 21.5. The minimum atomic E-state index is -0.00614. The van der Waals surface area contributed by atoms with Gasteiger partial charge in [0.25, 0.3) is 0 Å². The molecule has 0 aliphatic heterocycles. The number of fused-ring (bicyclic) bond motifs is 12. The average Bonchev–Trinajstić information content (AvgIpc) is 1.61. The van der Waals surface area contributed by atoms with Crippen LogP contribution in [0.3, 0.4) is 0 Å². The second kappa shape index (κ2) is 31.4. The van der Waals surface area contributed by atoms with Crippen molar-refractivity contribution in [1.29, 1.82) is 0 Å². The van der Waals surface area contributed by atoms with Gasteiger partial charge in [-0.1, -0.05) is 150 Å². The quantitative estimate of drug-likeness (QED) is 0.117. The van der Waals surface area contributed by atoms with Crippen LogP contribution in [0.25, 0.3) is 133 Å². The van der Waals surface area contributed by atoms with E-state index in [4.69, 9.17) is 37.6 Å². The van der Waals surface area contributed by atoms with Gasteiger partial charge in [0.05, 0.1) is 22.3 Å². The molecule has 18 rings (SSSR count). The molecule has 0 N–H and O–H groups in total. The number of hydrogen-bond donors (Lipinski definition) is 0. The van der Waals surface area contributed by atoms with E-state index in [0.717, 1.165) is 143 Å². The van der Waals surface area contributed by atoms with Crippen molar-refractivity contribution in [2.24, 2.45) is 33.6 Å². The second-order valence-electron chi connectivity index (χ2n) is 34.2. The average molecular weight is 1490 g/mol. The first kappa shape index (κ1) is 76.6. The molecule has 2 saturated carbocycles. The summed E-state index contributed by atoms with van der Waals surface area (Å²) in [5.74, 6) is 1.18. The van der Waals surface area contributed by atoms with Crippen molar-refractivity contribution in [2.45, 2.75) is 204 Å². The van der Waals surface area contributed by atoms with Crippen LogP contribution in [0.2, 0.25) is 0 Å². The van der Waals surface area contributed by atoms with E-state index >= 15 is 0 Å². The van der Waals surface area contributed by atoms with Gasteiger partial charge in [-0.15, -0.1) is 0 Å². The van der Waals surface area contributed by atoms with Crippen molar-refractivity contribution in [3.63, 3.8) is 0 Å². The summed E-state index contributed by atoms with van der Waals surface area (Å²) in [6, 6.07) is 52.8. The van der Waals surface area contributed by atoms with Gasteiger partial charge in [-0.2, -0.15) is 0 Å². The van der Waals surface area contributed by atoms with Crippen LogP contribution in [0.1, 0.15) is 206 Å². The van der Waals surface area contributed by atoms with Crippen molar-refractivity contribution >= 4 is 88.3 Å². The maximum Gasteiger partial charge on any atom is 0.227 e. The Morgan fingerprint density at radius 1 is 0.330 bits per heavy atom. The lowest BCUT2D eigenvalue weighted by Gasteiger charge is -2.20. The third-order valence-electron chi connectivity index (χ3n) is 23.8. The molecule has 0 amide bonds. The predicted octanol–water partition coefficient (Wildman–Crippen LogP) is 24.0. The highest BCUT2D eigenvalue weighted by Crippen LogP contribution is 2.44. The molecule has 0 unspecified atom stereocenters. The molecule has 112 heavy (non-hydrogen) atoms. The zero-order chi connectivity index (χ0) is 78.6. The van der Waals surface area contributed by atoms with Gasteiger partial charge < -0.3 is 17.7 Å². The summed E-state index contributed by atoms with van der Waals surface area (Å²) in [6.07, 6.45) is 25.2. The molecule has 2 aliphatic rings. The first-order valence-corrected chi connectivity index (χ1v) is 41.1. The number of aryl methyl sites for hydroxylation is 12. The number of hydrogen-bond acceptors (Lipinski definition) is 8. The summed E-state index contributed by atoms with van der Waals surface area (Å²) in [6.45, 7) is 30.6. The van der Waals surface area contributed by atoms with Gasteiger partial charge in [0, 0.05) is 132 Å². The summed E-state index contributed by atoms with van der Waals surface area (Å²) in [5.41, 5.74) is 31.1. The van der Waals surface area contributed by atoms with Gasteiger partial charge in [-0.05, 0) is 184 Å². The van der Waals surface area contributed by atoms with Crippen LogP contribution in [0.4, 0.5) is 0 Å². The lowest BCUT2D eigenvalue weighted by atomic mass is 9.86. The molecule has 0 radical (unpaired) electrons. The SMILES string of the molecule is CCc1cc[n+](C)c(-c2c(C)ccc3c2oc2nc(C(C)(C)C)ccc23)c1.CCc1cc[n+](C)c(-c2c(C)ccc3c2oc2nc(C4CCCC4)ccc23)c1.CCc1cc[n+](C)c(-c2c(C)ccc3c2oc2nc(C4CCCCC4)ccc23)c1.CCc1cc[n+](C)c(-c2c(C)ccc3c2oc2nc(CC(C)(C)C)ccc23)c1. The second-order valence-corrected chi connectivity index (χ2v) is 34.2. The van der Waals surface area contributed by atoms with Crippen molar-refractivity contribution in [1.82, 2.24) is 19.9 Å². The fourth-order valence-electron chi connectivity index (χ4n) is 17.1. The van der Waals surface area contributed by atoms with Gasteiger partial charge in [0.1, 0.15) is 28.2 Å². The largest absolute Gasteiger partial charge is 0.437 e. The molecule has 2 fully saturated rings. The molecule has 16 aromatic rings. The normalized spacial score (nSPS) is 13.8. The van der Waals surface area contributed by atoms with Gasteiger partial charge >= 0.3 is 0 Å². The number of aromatic nitrogens is 8. The zero-order valence-corrected chi connectivity index (χ0v) is 69.4. The predicted molar refractivity (Wildman–Crippen MR) is 458 cm³/mol. The Morgan fingerprint density at radius 3 is 0.929 bits per heavy atom. The van der Waals surface area contributed by atoms with Gasteiger partial charge in [-0.25, -0.2) is 38.2 Å². The monoisotopic (exact) mass is 1490 g/mol. The molecule has 12 heterocycles. The number of benzene rings is 4. The summed E-state index contributed by atoms with van der Waals surface area (Å²) >= 11 is 0. The molecule has 0 atom stereocenters. The molecule has 2 aliphatic carbocycles. The Morgan fingerprint density at radius 2 is 0.616 bits per heavy atom. The molecular formula is C100H112N8O4+4. The fraction of sp³-hybridized carbons (Fsp3) is 0.360. The highest BCUT2D eigenvalue weighted by molar-refractivity contribution is 6.12. The molecule has 0 spiro atoms. The summed E-state index contributed by atoms with van der Waals surface area (Å²) < 4.78 is 34.3. The van der Waals surface area contributed by atoms with Crippen LogP contribution in [-0.2, 0) is 65.7 Å². The van der Waals surface area contributed by atoms with E-state index < -0.39 is 0 Å². The highest BCUT2D eigenvalue weighted by atomic mass is 16.4. The van der Waals surface area contributed by atoms with Gasteiger partial charge in [0.2, 0.25) is 45.6 Å². The minimum absolute atomic E-state index is 0.00614. The number of nitrogens with zero attached hydrogens (tertiary/aromatic N) is 8. The number of pyridine rings is 8. The number of rotatable bonds is 11. The van der Waals surface area contributed by atoms with Crippen LogP contribution in [-0.4, -0.2) is 19.9 Å². The standard InChI is InChI=1S/C26H29N2O.C25H27N2O.C25H29N2O.C24H27N2O/c1-4-18-14-15-28(3)23(16-18)24-17(2)10-11-20-21-12-13-22(19-8-6-5-7-9-19)27-26(21)29-25(20)24;1-4-17-13-14-27(3)22(15-17)23-16(2)9-10-19-20-11-12-21(18-7-5-6-8-18)26-25(20)28-24(19)23;1-7-17-12-13-27(6)21(14-17)22-16(2)8-10-19-20-11-9-18(15-25(3,4)5)26-24(20)28-23(19)22;1-7-16-12-13-26(6)19(14-16)21-15(2)8-9-17-18-10-11-20(24(3,4)5)25-23(18)27-22(17)21/h10-16,19H,4-9H2,1-3H3;9-15,18H,4-8H2,1-3H3;8-14H,7,15H2,1-6H3;8-14H,7H2,1-6H3/q4*+1. The van der Waals surface area contributed by atoms with E-state index in [9.17, 15) is 0 Å². The smallest absolute Gasteiger partial charge is 0.227 e. The highest BCUT2D eigenvalue weighted by Gasteiger charge is 2.30. The lowest BCUT2D eigenvalue weighted by molar-refractivity contribution is -0.660. The molecule has 0 bridgehead atoms. The molecule has 4 aromatic carbocycles. The molecule has 12 aromatic heterocycles. The van der Waals surface area contributed by atoms with E-state index in [0.29, 0.717) is 11.8 Å². The molecule has 12 heteroatoms. The van der Waals surface area contributed by atoms with E-state index in [1.54, 1.807) is 0 Å². The van der Waals surface area contributed by atoms with E-state index in [-0.39, 0.29) is 10.8 Å². The van der Waals surface area contributed by atoms with Gasteiger partial charge in [-0.3, -0.25) is 0 Å². The van der Waals surface area contributed by atoms with E-state index in [2.05, 4.69) is 314 Å². The Labute approximate surface area is 660 Å². The van der Waals surface area contributed by atoms with E-state index in [1.165, 1.54) is 148 Å². The first-order chi connectivity index (χ1) is 53.9. The summed E-state index contributed by atoms with van der Waals surface area (Å²) in [7, 11) is 8.39. The molecule has 12 nitrogen and oxygen atoms in total. The van der Waals surface area contributed by atoms with E-state index in [1.807, 2.05) is 0 Å². The third kappa shape index (κ3) is 15.2. The molecule has 0 saturated heterocycles. The number of furan rings is 4. The third-order valence-corrected chi connectivity index (χ3v) is 23.8. The maximum atomic E-state index is 6.45. The van der Waals surface area contributed by atoms with Crippen LogP contribution in [0.15, 0.2) is 188 Å². The van der Waals surface area contributed by atoms with Crippen molar-refractivity contribution < 1.29 is 35.9 Å². The summed E-state index contributed by atoms with van der Waals surface area (Å²) in [4.78, 5) is 19.6. The Bertz CT molecular complexity index is 6240. The fourth-order valence-corrected chi connectivity index (χ4v) is 17.1. The topological polar surface area (TPSA) is 120 Å². The zero-order valence-electron chi connectivity index (χ0n) is 69.4. The summed E-state index contributed by atoms with van der Waals surface area (Å²) in [5, 5.41) is 8.97. The van der Waals surface area contributed by atoms with Crippen molar-refractivity contribution in [3.05, 3.63) is 238 Å².